The molecule has 0 saturated carbocycles. The third-order valence-corrected chi connectivity index (χ3v) is 12.4. The average Bonchev–Trinajstić information content (AvgIpc) is 2.48. The number of rotatable bonds is 12. The highest BCUT2D eigenvalue weighted by atomic mass is 28.5. The van der Waals surface area contributed by atoms with Gasteiger partial charge in [0, 0.05) is 13.2 Å². The minimum Gasteiger partial charge on any atom is -0.414 e. The zero-order chi connectivity index (χ0) is 14.8. The van der Waals surface area contributed by atoms with E-state index in [1.807, 2.05) is 0 Å². The van der Waals surface area contributed by atoms with Crippen molar-refractivity contribution < 1.29 is 13.0 Å². The Hall–Kier alpha value is 0.314. The summed E-state index contributed by atoms with van der Waals surface area (Å²) in [6.45, 7) is 14.8. The predicted molar refractivity (Wildman–Crippen MR) is 87.0 cm³/mol. The van der Waals surface area contributed by atoms with Crippen molar-refractivity contribution in [2.24, 2.45) is 0 Å². The molecule has 0 saturated heterocycles. The number of hydrogen-bond donors (Lipinski definition) is 0. The quantitative estimate of drug-likeness (QED) is 0.484. The molecule has 0 atom stereocenters. The van der Waals surface area contributed by atoms with E-state index in [1.165, 1.54) is 0 Å². The molecular weight excluding hydrogens is 272 g/mol. The second-order valence-electron chi connectivity index (χ2n) is 5.03. The largest absolute Gasteiger partial charge is 0.414 e. The molecule has 5 heteroatoms. The van der Waals surface area contributed by atoms with Crippen LogP contribution < -0.4 is 0 Å². The van der Waals surface area contributed by atoms with E-state index in [2.05, 4.69) is 41.5 Å². The fraction of sp³-hybridized carbons (Fsp3) is 1.00. The van der Waals surface area contributed by atoms with Gasteiger partial charge in [-0.2, -0.15) is 0 Å². The van der Waals surface area contributed by atoms with Crippen molar-refractivity contribution in [3.8, 4) is 0 Å². The number of hydrogen-bond acceptors (Lipinski definition) is 3. The van der Waals surface area contributed by atoms with E-state index < -0.39 is 17.1 Å². The van der Waals surface area contributed by atoms with Crippen LogP contribution >= 0.6 is 0 Å². The summed E-state index contributed by atoms with van der Waals surface area (Å²) in [5, 5.41) is 0. The van der Waals surface area contributed by atoms with E-state index in [0.717, 1.165) is 50.2 Å². The highest BCUT2D eigenvalue weighted by molar-refractivity contribution is 6.81. The molecule has 0 rings (SSSR count). The molecule has 0 fully saturated rings. The molecule has 116 valence electrons. The van der Waals surface area contributed by atoms with Crippen LogP contribution in [0.1, 0.15) is 54.4 Å². The van der Waals surface area contributed by atoms with Gasteiger partial charge in [-0.05, 0) is 37.0 Å². The van der Waals surface area contributed by atoms with Crippen LogP contribution in [0, 0.1) is 0 Å². The summed E-state index contributed by atoms with van der Waals surface area (Å²) in [4.78, 5) is 0. The van der Waals surface area contributed by atoms with Crippen LogP contribution in [0.4, 0.5) is 0 Å². The van der Waals surface area contributed by atoms with Gasteiger partial charge < -0.3 is 13.0 Å². The van der Waals surface area contributed by atoms with Crippen LogP contribution in [-0.2, 0) is 13.0 Å². The molecule has 0 N–H and O–H groups in total. The molecule has 19 heavy (non-hydrogen) atoms. The highest BCUT2D eigenvalue weighted by Crippen LogP contribution is 2.29. The molecule has 0 spiro atoms. The van der Waals surface area contributed by atoms with Crippen molar-refractivity contribution in [1.29, 1.82) is 0 Å². The van der Waals surface area contributed by atoms with Gasteiger partial charge in [-0.1, -0.05) is 41.5 Å². The molecule has 0 amide bonds. The Kier molecular flexibility index (Phi) is 10.3. The predicted octanol–water partition coefficient (Wildman–Crippen LogP) is 4.82. The highest BCUT2D eigenvalue weighted by Gasteiger charge is 2.45. The van der Waals surface area contributed by atoms with Crippen LogP contribution in [0.15, 0.2) is 0 Å². The summed E-state index contributed by atoms with van der Waals surface area (Å²) < 4.78 is 19.0. The van der Waals surface area contributed by atoms with Crippen molar-refractivity contribution in [2.45, 2.75) is 78.6 Å². The Labute approximate surface area is 122 Å². The van der Waals surface area contributed by atoms with Crippen molar-refractivity contribution in [3.05, 3.63) is 0 Å². The van der Waals surface area contributed by atoms with Crippen molar-refractivity contribution in [3.63, 3.8) is 0 Å². The van der Waals surface area contributed by atoms with Gasteiger partial charge in [0.25, 0.3) is 0 Å². The van der Waals surface area contributed by atoms with Crippen LogP contribution in [0.5, 0.6) is 0 Å². The second-order valence-corrected chi connectivity index (χ2v) is 12.9. The zero-order valence-corrected chi connectivity index (χ0v) is 15.9. The molecule has 0 aromatic heterocycles. The molecular formula is C14H34O3Si2. The van der Waals surface area contributed by atoms with Crippen molar-refractivity contribution in [2.75, 3.05) is 13.2 Å². The molecule has 0 aliphatic heterocycles. The lowest BCUT2D eigenvalue weighted by Gasteiger charge is -2.39. The van der Waals surface area contributed by atoms with E-state index in [9.17, 15) is 0 Å². The van der Waals surface area contributed by atoms with Crippen molar-refractivity contribution in [1.82, 2.24) is 0 Å². The van der Waals surface area contributed by atoms with Gasteiger partial charge in [0.05, 0.1) is 0 Å². The maximum absolute atomic E-state index is 6.66. The SMILES string of the molecule is CCCO[Si](CC)(CC)O[Si](CC)(CC)OCCC. The zero-order valence-electron chi connectivity index (χ0n) is 13.9. The topological polar surface area (TPSA) is 27.7 Å². The van der Waals surface area contributed by atoms with E-state index >= 15 is 0 Å². The lowest BCUT2D eigenvalue weighted by Crippen LogP contribution is -2.54. The molecule has 0 aliphatic rings. The van der Waals surface area contributed by atoms with Gasteiger partial charge in [0.1, 0.15) is 0 Å². The van der Waals surface area contributed by atoms with E-state index in [0.29, 0.717) is 0 Å². The van der Waals surface area contributed by atoms with Gasteiger partial charge >= 0.3 is 17.1 Å². The third kappa shape index (κ3) is 6.08. The monoisotopic (exact) mass is 306 g/mol. The fourth-order valence-electron chi connectivity index (χ4n) is 2.17. The maximum atomic E-state index is 6.66. The van der Waals surface area contributed by atoms with E-state index in [-0.39, 0.29) is 0 Å². The van der Waals surface area contributed by atoms with Crippen LogP contribution in [0.2, 0.25) is 24.2 Å². The normalized spacial score (nSPS) is 12.9. The molecule has 0 aromatic carbocycles. The van der Waals surface area contributed by atoms with E-state index in [4.69, 9.17) is 13.0 Å². The Balaban J connectivity index is 4.90. The molecule has 0 aliphatic carbocycles. The van der Waals surface area contributed by atoms with Gasteiger partial charge in [0.2, 0.25) is 0 Å². The smallest absolute Gasteiger partial charge is 0.328 e. The van der Waals surface area contributed by atoms with Gasteiger partial charge in [-0.25, -0.2) is 0 Å². The standard InChI is InChI=1S/C14H34O3Si2/c1-7-13-15-18(9-3,10-4)17-19(11-5,12-6)16-14-8-2/h7-14H2,1-6H3. The average molecular weight is 307 g/mol. The first-order valence-corrected chi connectivity index (χ1v) is 12.5. The van der Waals surface area contributed by atoms with E-state index in [1.54, 1.807) is 0 Å². The Bertz CT molecular complexity index is 195. The lowest BCUT2D eigenvalue weighted by molar-refractivity contribution is 0.181. The summed E-state index contributed by atoms with van der Waals surface area (Å²) in [6.07, 6.45) is 2.11. The maximum Gasteiger partial charge on any atom is 0.328 e. The molecule has 0 aromatic rings. The first-order valence-electron chi connectivity index (χ1n) is 8.05. The third-order valence-electron chi connectivity index (χ3n) is 3.67. The Morgan fingerprint density at radius 3 is 1.11 bits per heavy atom. The molecule has 0 unspecified atom stereocenters. The summed E-state index contributed by atoms with van der Waals surface area (Å²) in [7, 11) is -4.11. The fourth-order valence-corrected chi connectivity index (χ4v) is 10.6. The Morgan fingerprint density at radius 1 is 0.579 bits per heavy atom. The van der Waals surface area contributed by atoms with Crippen molar-refractivity contribution >= 4 is 17.1 Å². The van der Waals surface area contributed by atoms with Crippen LogP contribution in [-0.4, -0.2) is 30.3 Å². The van der Waals surface area contributed by atoms with Gasteiger partial charge in [-0.3, -0.25) is 0 Å². The minimum atomic E-state index is -2.06. The van der Waals surface area contributed by atoms with Gasteiger partial charge in [-0.15, -0.1) is 0 Å². The first-order chi connectivity index (χ1) is 9.07. The summed E-state index contributed by atoms with van der Waals surface area (Å²) in [6, 6.07) is 4.09. The molecule has 3 nitrogen and oxygen atoms in total. The second kappa shape index (κ2) is 10.1. The lowest BCUT2D eigenvalue weighted by atomic mass is 10.5. The molecule has 0 heterocycles. The van der Waals surface area contributed by atoms with Gasteiger partial charge in [0.15, 0.2) is 0 Å². The first kappa shape index (κ1) is 19.3. The molecule has 0 bridgehead atoms. The minimum absolute atomic E-state index is 0.819. The molecule has 0 radical (unpaired) electrons. The summed E-state index contributed by atoms with van der Waals surface area (Å²) in [5.41, 5.74) is 0. The summed E-state index contributed by atoms with van der Waals surface area (Å²) >= 11 is 0. The van der Waals surface area contributed by atoms with Crippen LogP contribution in [0.25, 0.3) is 0 Å². The van der Waals surface area contributed by atoms with Crippen LogP contribution in [0.3, 0.4) is 0 Å². The summed E-state index contributed by atoms with van der Waals surface area (Å²) in [5.74, 6) is 0. The Morgan fingerprint density at radius 2 is 0.895 bits per heavy atom.